The molecule has 0 saturated carbocycles. The van der Waals surface area contributed by atoms with Crippen LogP contribution in [0.25, 0.3) is 32.9 Å². The Bertz CT molecular complexity index is 1640. The Hall–Kier alpha value is -4.31. The SMILES string of the molecule is O=C(O)c1cccc(C#Cc2ccc3cc(CN4CCOCC4)[nH]c3c2)c1-c1ccc2cc[nH]c2c1. The van der Waals surface area contributed by atoms with Gasteiger partial charge in [-0.15, -0.1) is 0 Å². The molecule has 3 aromatic carbocycles. The third-order valence-corrected chi connectivity index (χ3v) is 6.66. The number of benzene rings is 3. The average molecular weight is 476 g/mol. The summed E-state index contributed by atoms with van der Waals surface area (Å²) in [5.74, 6) is 5.53. The lowest BCUT2D eigenvalue weighted by Gasteiger charge is -2.25. The molecule has 0 amide bonds. The maximum absolute atomic E-state index is 12.1. The maximum atomic E-state index is 12.1. The van der Waals surface area contributed by atoms with Gasteiger partial charge in [-0.1, -0.05) is 36.1 Å². The highest BCUT2D eigenvalue weighted by molar-refractivity contribution is 5.99. The number of aromatic nitrogens is 2. The second-order valence-corrected chi connectivity index (χ2v) is 9.05. The standard InChI is InChI=1S/C30H25N3O3/c34-30(35)26-3-1-2-22(29(26)24-9-8-21-10-11-31-27(21)18-24)6-4-20-5-7-23-17-25(32-28(23)16-20)19-33-12-14-36-15-13-33/h1-3,5,7-11,16-18,31-32H,12-15,19H2,(H,34,35). The zero-order valence-electron chi connectivity index (χ0n) is 19.7. The second-order valence-electron chi connectivity index (χ2n) is 9.05. The number of carbonyl (C=O) groups is 1. The predicted octanol–water partition coefficient (Wildman–Crippen LogP) is 5.25. The van der Waals surface area contributed by atoms with Crippen molar-refractivity contribution in [3.63, 3.8) is 0 Å². The van der Waals surface area contributed by atoms with Gasteiger partial charge in [-0.2, -0.15) is 0 Å². The van der Waals surface area contributed by atoms with Gasteiger partial charge in [0, 0.05) is 59.2 Å². The van der Waals surface area contributed by atoms with Crippen molar-refractivity contribution >= 4 is 27.8 Å². The number of aromatic amines is 2. The van der Waals surface area contributed by atoms with E-state index in [2.05, 4.69) is 44.9 Å². The fraction of sp³-hybridized carbons (Fsp3) is 0.167. The number of hydrogen-bond acceptors (Lipinski definition) is 3. The predicted molar refractivity (Wildman–Crippen MR) is 141 cm³/mol. The molecule has 1 saturated heterocycles. The summed E-state index contributed by atoms with van der Waals surface area (Å²) in [6, 6.07) is 21.5. The van der Waals surface area contributed by atoms with Crippen LogP contribution in [0.15, 0.2) is 72.9 Å². The first-order chi connectivity index (χ1) is 17.6. The molecule has 0 atom stereocenters. The normalized spacial score (nSPS) is 14.1. The molecule has 5 aromatic rings. The van der Waals surface area contributed by atoms with Crippen LogP contribution in [0.1, 0.15) is 27.2 Å². The van der Waals surface area contributed by atoms with Crippen LogP contribution in [0, 0.1) is 11.8 Å². The third-order valence-electron chi connectivity index (χ3n) is 6.66. The van der Waals surface area contributed by atoms with Crippen molar-refractivity contribution in [2.75, 3.05) is 26.3 Å². The summed E-state index contributed by atoms with van der Waals surface area (Å²) in [4.78, 5) is 21.2. The lowest BCUT2D eigenvalue weighted by molar-refractivity contribution is 0.0337. The van der Waals surface area contributed by atoms with Crippen LogP contribution in [0.4, 0.5) is 0 Å². The van der Waals surface area contributed by atoms with Gasteiger partial charge >= 0.3 is 5.97 Å². The van der Waals surface area contributed by atoms with E-state index in [-0.39, 0.29) is 5.56 Å². The Kier molecular flexibility index (Phi) is 5.78. The fourth-order valence-electron chi connectivity index (χ4n) is 4.84. The molecule has 0 spiro atoms. The minimum Gasteiger partial charge on any atom is -0.478 e. The van der Waals surface area contributed by atoms with E-state index in [1.54, 1.807) is 12.1 Å². The molecule has 6 rings (SSSR count). The Morgan fingerprint density at radius 2 is 1.81 bits per heavy atom. The van der Waals surface area contributed by atoms with Crippen LogP contribution < -0.4 is 0 Å². The highest BCUT2D eigenvalue weighted by Crippen LogP contribution is 2.30. The summed E-state index contributed by atoms with van der Waals surface area (Å²) in [6.07, 6.45) is 1.88. The molecule has 6 heteroatoms. The molecule has 0 unspecified atom stereocenters. The molecule has 3 heterocycles. The number of nitrogens with one attached hydrogen (secondary N) is 2. The summed E-state index contributed by atoms with van der Waals surface area (Å²) in [5.41, 5.74) is 6.41. The molecule has 0 bridgehead atoms. The highest BCUT2D eigenvalue weighted by atomic mass is 16.5. The first-order valence-electron chi connectivity index (χ1n) is 12.0. The lowest BCUT2D eigenvalue weighted by Crippen LogP contribution is -2.35. The van der Waals surface area contributed by atoms with Crippen molar-refractivity contribution < 1.29 is 14.6 Å². The number of ether oxygens (including phenoxy) is 1. The van der Waals surface area contributed by atoms with E-state index in [0.717, 1.165) is 65.8 Å². The van der Waals surface area contributed by atoms with E-state index >= 15 is 0 Å². The van der Waals surface area contributed by atoms with Gasteiger partial charge in [-0.3, -0.25) is 4.90 Å². The molecule has 1 aliphatic rings. The number of nitrogens with zero attached hydrogens (tertiary/aromatic N) is 1. The van der Waals surface area contributed by atoms with E-state index < -0.39 is 5.97 Å². The Labute approximate surface area is 208 Å². The van der Waals surface area contributed by atoms with Gasteiger partial charge in [0.2, 0.25) is 0 Å². The molecule has 0 radical (unpaired) electrons. The molecule has 178 valence electrons. The number of rotatable bonds is 4. The molecule has 1 fully saturated rings. The van der Waals surface area contributed by atoms with Crippen LogP contribution in [-0.4, -0.2) is 52.2 Å². The number of aromatic carboxylic acids is 1. The summed E-state index contributed by atoms with van der Waals surface area (Å²) < 4.78 is 5.45. The van der Waals surface area contributed by atoms with Crippen molar-refractivity contribution in [3.05, 3.63) is 95.3 Å². The zero-order valence-corrected chi connectivity index (χ0v) is 19.7. The number of hydrogen-bond donors (Lipinski definition) is 3. The van der Waals surface area contributed by atoms with Crippen molar-refractivity contribution in [2.45, 2.75) is 6.54 Å². The van der Waals surface area contributed by atoms with Gasteiger partial charge in [0.1, 0.15) is 0 Å². The van der Waals surface area contributed by atoms with Crippen LogP contribution in [0.3, 0.4) is 0 Å². The first-order valence-corrected chi connectivity index (χ1v) is 12.0. The van der Waals surface area contributed by atoms with Crippen LogP contribution in [-0.2, 0) is 11.3 Å². The lowest BCUT2D eigenvalue weighted by atomic mass is 9.93. The molecular formula is C30H25N3O3. The first kappa shape index (κ1) is 22.2. The average Bonchev–Trinajstić information content (AvgIpc) is 3.53. The topological polar surface area (TPSA) is 81.3 Å². The van der Waals surface area contributed by atoms with E-state index in [4.69, 9.17) is 4.74 Å². The van der Waals surface area contributed by atoms with Gasteiger partial charge in [0.05, 0.1) is 18.8 Å². The van der Waals surface area contributed by atoms with Gasteiger partial charge in [-0.25, -0.2) is 4.79 Å². The molecule has 1 aliphatic heterocycles. The Morgan fingerprint density at radius 3 is 2.67 bits per heavy atom. The van der Waals surface area contributed by atoms with E-state index in [0.29, 0.717) is 11.1 Å². The fourth-order valence-corrected chi connectivity index (χ4v) is 4.84. The largest absolute Gasteiger partial charge is 0.478 e. The Morgan fingerprint density at radius 1 is 0.944 bits per heavy atom. The molecule has 6 nitrogen and oxygen atoms in total. The summed E-state index contributed by atoms with van der Waals surface area (Å²) >= 11 is 0. The van der Waals surface area contributed by atoms with Crippen molar-refractivity contribution in [3.8, 4) is 23.0 Å². The van der Waals surface area contributed by atoms with Crippen molar-refractivity contribution in [1.29, 1.82) is 0 Å². The number of morpholine rings is 1. The summed E-state index contributed by atoms with van der Waals surface area (Å²) in [7, 11) is 0. The van der Waals surface area contributed by atoms with E-state index in [1.807, 2.05) is 42.6 Å². The number of carboxylic acids is 1. The molecule has 0 aliphatic carbocycles. The zero-order chi connectivity index (χ0) is 24.5. The number of carboxylic acid groups (broad SMARTS) is 1. The number of H-pyrrole nitrogens is 2. The van der Waals surface area contributed by atoms with Crippen molar-refractivity contribution in [2.24, 2.45) is 0 Å². The Balaban J connectivity index is 1.35. The van der Waals surface area contributed by atoms with Gasteiger partial charge < -0.3 is 19.8 Å². The van der Waals surface area contributed by atoms with Crippen molar-refractivity contribution in [1.82, 2.24) is 14.9 Å². The van der Waals surface area contributed by atoms with Gasteiger partial charge in [0.15, 0.2) is 0 Å². The molecule has 3 N–H and O–H groups in total. The van der Waals surface area contributed by atoms with Crippen LogP contribution in [0.5, 0.6) is 0 Å². The molecular weight excluding hydrogens is 450 g/mol. The highest BCUT2D eigenvalue weighted by Gasteiger charge is 2.16. The molecule has 36 heavy (non-hydrogen) atoms. The molecule has 2 aromatic heterocycles. The second kappa shape index (κ2) is 9.38. The minimum atomic E-state index is -0.971. The third kappa shape index (κ3) is 4.38. The van der Waals surface area contributed by atoms with Gasteiger partial charge in [0.25, 0.3) is 0 Å². The number of fused-ring (bicyclic) bond motifs is 2. The minimum absolute atomic E-state index is 0.236. The maximum Gasteiger partial charge on any atom is 0.336 e. The van der Waals surface area contributed by atoms with Gasteiger partial charge in [-0.05, 0) is 58.8 Å². The van der Waals surface area contributed by atoms with Crippen LogP contribution >= 0.6 is 0 Å². The summed E-state index contributed by atoms with van der Waals surface area (Å²) in [6.45, 7) is 4.32. The quantitative estimate of drug-likeness (QED) is 0.310. The smallest absolute Gasteiger partial charge is 0.336 e. The van der Waals surface area contributed by atoms with E-state index in [1.165, 1.54) is 5.69 Å². The summed E-state index contributed by atoms with van der Waals surface area (Å²) in [5, 5.41) is 12.1. The van der Waals surface area contributed by atoms with E-state index in [9.17, 15) is 9.90 Å². The monoisotopic (exact) mass is 475 g/mol. The van der Waals surface area contributed by atoms with Crippen LogP contribution in [0.2, 0.25) is 0 Å².